The van der Waals surface area contributed by atoms with Gasteiger partial charge in [0.15, 0.2) is 0 Å². The molecule has 0 saturated carbocycles. The molecular formula is C14H21ClO. The predicted octanol–water partition coefficient (Wildman–Crippen LogP) is 4.28. The Morgan fingerprint density at radius 2 is 1.88 bits per heavy atom. The smallest absolute Gasteiger partial charge is 0.122 e. The molecule has 0 N–H and O–H groups in total. The second-order valence-electron chi connectivity index (χ2n) is 5.38. The molecule has 0 amide bonds. The Kier molecular flexibility index (Phi) is 4.67. The molecule has 0 fully saturated rings. The molecule has 2 heteroatoms. The lowest BCUT2D eigenvalue weighted by Crippen LogP contribution is -2.15. The minimum Gasteiger partial charge on any atom is -0.496 e. The van der Waals surface area contributed by atoms with Gasteiger partial charge in [0.05, 0.1) is 7.11 Å². The quantitative estimate of drug-likeness (QED) is 0.714. The number of benzene rings is 1. The molecule has 1 aromatic carbocycles. The van der Waals surface area contributed by atoms with E-state index in [1.54, 1.807) is 7.11 Å². The summed E-state index contributed by atoms with van der Waals surface area (Å²) in [4.78, 5) is 0. The largest absolute Gasteiger partial charge is 0.496 e. The lowest BCUT2D eigenvalue weighted by atomic mass is 9.88. The first kappa shape index (κ1) is 13.4. The van der Waals surface area contributed by atoms with Crippen LogP contribution in [0.4, 0.5) is 0 Å². The average Bonchev–Trinajstić information content (AvgIpc) is 2.15. The van der Waals surface area contributed by atoms with E-state index in [4.69, 9.17) is 16.3 Å². The number of hydrogen-bond acceptors (Lipinski definition) is 1. The highest BCUT2D eigenvalue weighted by molar-refractivity contribution is 6.20. The fourth-order valence-electron chi connectivity index (χ4n) is 1.85. The molecule has 0 radical (unpaired) electrons. The highest BCUT2D eigenvalue weighted by Crippen LogP contribution is 2.28. The molecule has 0 aliphatic carbocycles. The lowest BCUT2D eigenvalue weighted by molar-refractivity contribution is 0.365. The molecule has 1 unspecified atom stereocenters. The first-order valence-corrected chi connectivity index (χ1v) is 6.12. The fraction of sp³-hybridized carbons (Fsp3) is 0.571. The van der Waals surface area contributed by atoms with Crippen molar-refractivity contribution in [1.29, 1.82) is 0 Å². The molecule has 16 heavy (non-hydrogen) atoms. The van der Waals surface area contributed by atoms with Crippen molar-refractivity contribution in [3.63, 3.8) is 0 Å². The Morgan fingerprint density at radius 1 is 1.25 bits per heavy atom. The monoisotopic (exact) mass is 240 g/mol. The molecule has 0 aromatic heterocycles. The summed E-state index contributed by atoms with van der Waals surface area (Å²) < 4.78 is 5.32. The van der Waals surface area contributed by atoms with Crippen LogP contribution in [0.3, 0.4) is 0 Å². The van der Waals surface area contributed by atoms with Crippen molar-refractivity contribution in [3.05, 3.63) is 29.8 Å². The molecule has 0 aliphatic rings. The van der Waals surface area contributed by atoms with Gasteiger partial charge in [0.2, 0.25) is 0 Å². The van der Waals surface area contributed by atoms with Crippen molar-refractivity contribution in [2.24, 2.45) is 5.41 Å². The first-order valence-electron chi connectivity index (χ1n) is 5.68. The third-order valence-corrected chi connectivity index (χ3v) is 2.78. The van der Waals surface area contributed by atoms with E-state index in [1.165, 1.54) is 5.56 Å². The van der Waals surface area contributed by atoms with Crippen LogP contribution in [0.15, 0.2) is 24.3 Å². The molecule has 1 aromatic rings. The summed E-state index contributed by atoms with van der Waals surface area (Å²) in [6, 6.07) is 8.07. The maximum atomic E-state index is 6.37. The molecule has 0 saturated heterocycles. The van der Waals surface area contributed by atoms with Gasteiger partial charge >= 0.3 is 0 Å². The molecule has 0 bridgehead atoms. The SMILES string of the molecule is COc1ccccc1CC(Cl)CC(C)(C)C. The van der Waals surface area contributed by atoms with Crippen molar-refractivity contribution >= 4 is 11.6 Å². The minimum atomic E-state index is 0.163. The maximum absolute atomic E-state index is 6.37. The van der Waals surface area contributed by atoms with Gasteiger partial charge in [-0.25, -0.2) is 0 Å². The average molecular weight is 241 g/mol. The van der Waals surface area contributed by atoms with Crippen molar-refractivity contribution in [2.75, 3.05) is 7.11 Å². The highest BCUT2D eigenvalue weighted by atomic mass is 35.5. The highest BCUT2D eigenvalue weighted by Gasteiger charge is 2.18. The van der Waals surface area contributed by atoms with Crippen LogP contribution in [0.25, 0.3) is 0 Å². The molecule has 0 aliphatic heterocycles. The Morgan fingerprint density at radius 3 is 2.44 bits per heavy atom. The van der Waals surface area contributed by atoms with Gasteiger partial charge in [-0.3, -0.25) is 0 Å². The Labute approximate surface area is 104 Å². The zero-order valence-corrected chi connectivity index (χ0v) is 11.3. The summed E-state index contributed by atoms with van der Waals surface area (Å²) in [7, 11) is 1.70. The number of rotatable bonds is 4. The molecule has 90 valence electrons. The van der Waals surface area contributed by atoms with Gasteiger partial charge in [-0.15, -0.1) is 11.6 Å². The van der Waals surface area contributed by atoms with Gasteiger partial charge < -0.3 is 4.74 Å². The van der Waals surface area contributed by atoms with Crippen molar-refractivity contribution in [1.82, 2.24) is 0 Å². The number of alkyl halides is 1. The second kappa shape index (κ2) is 5.58. The fourth-order valence-corrected chi connectivity index (χ4v) is 2.48. The molecular weight excluding hydrogens is 220 g/mol. The predicted molar refractivity (Wildman–Crippen MR) is 70.4 cm³/mol. The van der Waals surface area contributed by atoms with Crippen molar-refractivity contribution in [3.8, 4) is 5.75 Å². The molecule has 1 nitrogen and oxygen atoms in total. The van der Waals surface area contributed by atoms with Crippen LogP contribution in [0.1, 0.15) is 32.8 Å². The summed E-state index contributed by atoms with van der Waals surface area (Å²) in [6.07, 6.45) is 1.87. The van der Waals surface area contributed by atoms with Crippen LogP contribution >= 0.6 is 11.6 Å². The number of hydrogen-bond donors (Lipinski definition) is 0. The summed E-state index contributed by atoms with van der Waals surface area (Å²) in [5.74, 6) is 0.932. The number of ether oxygens (including phenoxy) is 1. The van der Waals surface area contributed by atoms with Crippen molar-refractivity contribution < 1.29 is 4.74 Å². The standard InChI is InChI=1S/C14H21ClO/c1-14(2,3)10-12(15)9-11-7-5-6-8-13(11)16-4/h5-8,12H,9-10H2,1-4H3. The van der Waals surface area contributed by atoms with E-state index in [1.807, 2.05) is 18.2 Å². The molecule has 1 atom stereocenters. The van der Waals surface area contributed by atoms with E-state index in [2.05, 4.69) is 26.8 Å². The number of halogens is 1. The molecule has 0 spiro atoms. The lowest BCUT2D eigenvalue weighted by Gasteiger charge is -2.22. The van der Waals surface area contributed by atoms with E-state index >= 15 is 0 Å². The maximum Gasteiger partial charge on any atom is 0.122 e. The number of para-hydroxylation sites is 1. The van der Waals surface area contributed by atoms with Crippen LogP contribution in [-0.4, -0.2) is 12.5 Å². The van der Waals surface area contributed by atoms with E-state index < -0.39 is 0 Å². The summed E-state index contributed by atoms with van der Waals surface area (Å²) in [5.41, 5.74) is 1.46. The first-order chi connectivity index (χ1) is 7.42. The van der Waals surface area contributed by atoms with Gasteiger partial charge in [-0.05, 0) is 29.9 Å². The zero-order chi connectivity index (χ0) is 12.2. The Bertz CT molecular complexity index is 328. The molecule has 1 rings (SSSR count). The van der Waals surface area contributed by atoms with E-state index in [9.17, 15) is 0 Å². The van der Waals surface area contributed by atoms with Gasteiger partial charge in [0.1, 0.15) is 5.75 Å². The number of methoxy groups -OCH3 is 1. The Balaban J connectivity index is 2.65. The summed E-state index contributed by atoms with van der Waals surface area (Å²) in [6.45, 7) is 6.64. The van der Waals surface area contributed by atoms with Gasteiger partial charge in [-0.1, -0.05) is 39.0 Å². The topological polar surface area (TPSA) is 9.23 Å². The van der Waals surface area contributed by atoms with Crippen LogP contribution < -0.4 is 4.74 Å². The normalized spacial score (nSPS) is 13.6. The summed E-state index contributed by atoms with van der Waals surface area (Å²) in [5, 5.41) is 0.163. The van der Waals surface area contributed by atoms with E-state index in [0.29, 0.717) is 0 Å². The van der Waals surface area contributed by atoms with Crippen molar-refractivity contribution in [2.45, 2.75) is 39.0 Å². The third-order valence-electron chi connectivity index (χ3n) is 2.47. The van der Waals surface area contributed by atoms with Gasteiger partial charge in [0, 0.05) is 5.38 Å². The van der Waals surface area contributed by atoms with Gasteiger partial charge in [-0.2, -0.15) is 0 Å². The second-order valence-corrected chi connectivity index (χ2v) is 6.00. The Hall–Kier alpha value is -0.690. The molecule has 0 heterocycles. The van der Waals surface area contributed by atoms with Crippen LogP contribution in [0.5, 0.6) is 5.75 Å². The van der Waals surface area contributed by atoms with Crippen LogP contribution in [0, 0.1) is 5.41 Å². The summed E-state index contributed by atoms with van der Waals surface area (Å²) >= 11 is 6.37. The third kappa shape index (κ3) is 4.44. The van der Waals surface area contributed by atoms with E-state index in [0.717, 1.165) is 18.6 Å². The van der Waals surface area contributed by atoms with Crippen LogP contribution in [-0.2, 0) is 6.42 Å². The van der Waals surface area contributed by atoms with Crippen LogP contribution in [0.2, 0.25) is 0 Å². The van der Waals surface area contributed by atoms with E-state index in [-0.39, 0.29) is 10.8 Å². The van der Waals surface area contributed by atoms with Gasteiger partial charge in [0.25, 0.3) is 0 Å². The minimum absolute atomic E-state index is 0.163. The zero-order valence-electron chi connectivity index (χ0n) is 10.6.